The molecule has 1 aliphatic rings. The Labute approximate surface area is 64.6 Å². The molecule has 1 rings (SSSR count). The Morgan fingerprint density at radius 2 is 2.18 bits per heavy atom. The molecule has 11 heavy (non-hydrogen) atoms. The summed E-state index contributed by atoms with van der Waals surface area (Å²) in [4.78, 5) is 12.3. The third-order valence-corrected chi connectivity index (χ3v) is 1.97. The summed E-state index contributed by atoms with van der Waals surface area (Å²) < 4.78 is 0. The van der Waals surface area contributed by atoms with Gasteiger partial charge in [-0.25, -0.2) is 4.79 Å². The van der Waals surface area contributed by atoms with Crippen LogP contribution in [0.2, 0.25) is 0 Å². The van der Waals surface area contributed by atoms with E-state index in [2.05, 4.69) is 5.32 Å². The lowest BCUT2D eigenvalue weighted by Crippen LogP contribution is -2.39. The van der Waals surface area contributed by atoms with Crippen LogP contribution >= 0.6 is 0 Å². The highest BCUT2D eigenvalue weighted by Crippen LogP contribution is 2.09. The van der Waals surface area contributed by atoms with E-state index in [0.717, 1.165) is 0 Å². The first-order valence-electron chi connectivity index (χ1n) is 3.45. The van der Waals surface area contributed by atoms with Crippen molar-refractivity contribution in [1.82, 2.24) is 10.2 Å². The molecule has 64 valence electrons. The molecule has 3 N–H and O–H groups in total. The zero-order valence-corrected chi connectivity index (χ0v) is 6.32. The van der Waals surface area contributed by atoms with Gasteiger partial charge in [-0.05, 0) is 0 Å². The van der Waals surface area contributed by atoms with Gasteiger partial charge in [-0.1, -0.05) is 0 Å². The number of aliphatic hydroxyl groups is 2. The van der Waals surface area contributed by atoms with E-state index >= 15 is 0 Å². The smallest absolute Gasteiger partial charge is 0.317 e. The molecular weight excluding hydrogens is 148 g/mol. The van der Waals surface area contributed by atoms with Gasteiger partial charge in [0.05, 0.1) is 25.3 Å². The van der Waals surface area contributed by atoms with Gasteiger partial charge in [0.2, 0.25) is 0 Å². The number of aliphatic hydroxyl groups excluding tert-OH is 2. The topological polar surface area (TPSA) is 72.8 Å². The fraction of sp³-hybridized carbons (Fsp3) is 0.833. The lowest BCUT2D eigenvalue weighted by Gasteiger charge is -2.18. The van der Waals surface area contributed by atoms with Gasteiger partial charge < -0.3 is 20.4 Å². The van der Waals surface area contributed by atoms with Gasteiger partial charge >= 0.3 is 6.03 Å². The first-order chi connectivity index (χ1) is 5.20. The maximum Gasteiger partial charge on any atom is 0.317 e. The number of urea groups is 1. The van der Waals surface area contributed by atoms with Crippen molar-refractivity contribution in [3.63, 3.8) is 0 Å². The summed E-state index contributed by atoms with van der Waals surface area (Å²) in [6.07, 6.45) is 0. The van der Waals surface area contributed by atoms with Crippen LogP contribution in [-0.2, 0) is 0 Å². The van der Waals surface area contributed by atoms with Crippen LogP contribution in [0.1, 0.15) is 0 Å². The molecule has 1 saturated heterocycles. The number of rotatable bonds is 2. The fourth-order valence-corrected chi connectivity index (χ4v) is 1.19. The molecule has 0 spiro atoms. The van der Waals surface area contributed by atoms with Crippen LogP contribution in [0.5, 0.6) is 0 Å². The maximum absolute atomic E-state index is 10.9. The van der Waals surface area contributed by atoms with Crippen molar-refractivity contribution in [2.24, 2.45) is 0 Å². The minimum absolute atomic E-state index is 0.125. The van der Waals surface area contributed by atoms with Crippen molar-refractivity contribution in [2.75, 3.05) is 20.3 Å². The lowest BCUT2D eigenvalue weighted by atomic mass is 10.1. The molecule has 0 radical (unpaired) electrons. The van der Waals surface area contributed by atoms with Crippen molar-refractivity contribution < 1.29 is 15.0 Å². The summed E-state index contributed by atoms with van der Waals surface area (Å²) >= 11 is 0. The van der Waals surface area contributed by atoms with Gasteiger partial charge in [-0.3, -0.25) is 0 Å². The summed E-state index contributed by atoms with van der Waals surface area (Å²) in [7, 11) is 1.59. The van der Waals surface area contributed by atoms with Gasteiger partial charge in [-0.2, -0.15) is 0 Å². The van der Waals surface area contributed by atoms with Gasteiger partial charge in [0, 0.05) is 7.05 Å². The van der Waals surface area contributed by atoms with Crippen molar-refractivity contribution in [3.05, 3.63) is 0 Å². The van der Waals surface area contributed by atoms with Gasteiger partial charge in [-0.15, -0.1) is 0 Å². The molecule has 0 aliphatic carbocycles. The van der Waals surface area contributed by atoms with Crippen LogP contribution in [0.3, 0.4) is 0 Å². The monoisotopic (exact) mass is 160 g/mol. The van der Waals surface area contributed by atoms with E-state index in [1.165, 1.54) is 4.90 Å². The molecule has 2 unspecified atom stereocenters. The first-order valence-corrected chi connectivity index (χ1v) is 3.45. The summed E-state index contributed by atoms with van der Waals surface area (Å²) in [5, 5.41) is 20.1. The van der Waals surface area contributed by atoms with Crippen molar-refractivity contribution in [1.29, 1.82) is 0 Å². The molecule has 1 heterocycles. The molecule has 0 bridgehead atoms. The van der Waals surface area contributed by atoms with E-state index in [1.807, 2.05) is 0 Å². The van der Waals surface area contributed by atoms with Crippen molar-refractivity contribution in [2.45, 2.75) is 12.1 Å². The number of carbonyl (C=O) groups is 1. The Morgan fingerprint density at radius 1 is 1.55 bits per heavy atom. The number of nitrogens with zero attached hydrogens (tertiary/aromatic N) is 1. The summed E-state index contributed by atoms with van der Waals surface area (Å²) in [6.45, 7) is -0.262. The highest BCUT2D eigenvalue weighted by molar-refractivity contribution is 5.77. The number of hydrogen-bond acceptors (Lipinski definition) is 3. The molecule has 0 aromatic heterocycles. The van der Waals surface area contributed by atoms with Crippen LogP contribution in [-0.4, -0.2) is 53.5 Å². The lowest BCUT2D eigenvalue weighted by molar-refractivity contribution is 0.149. The standard InChI is InChI=1S/C6H12N2O3/c1-8-5(3-10)4(2-9)7-6(8)11/h4-5,9-10H,2-3H2,1H3,(H,7,11). The first kappa shape index (κ1) is 8.29. The predicted molar refractivity (Wildman–Crippen MR) is 38.0 cm³/mol. The normalized spacial score (nSPS) is 30.8. The molecule has 2 amide bonds. The summed E-state index contributed by atoms with van der Waals surface area (Å²) in [5.41, 5.74) is 0. The Bertz CT molecular complexity index is 162. The molecule has 0 aromatic carbocycles. The molecule has 5 nitrogen and oxygen atoms in total. The highest BCUT2D eigenvalue weighted by Gasteiger charge is 2.35. The molecule has 2 atom stereocenters. The van der Waals surface area contributed by atoms with Crippen LogP contribution < -0.4 is 5.32 Å². The quantitative estimate of drug-likeness (QED) is 0.454. The van der Waals surface area contributed by atoms with E-state index in [0.29, 0.717) is 0 Å². The number of hydrogen-bond donors (Lipinski definition) is 3. The molecule has 1 aliphatic heterocycles. The SMILES string of the molecule is CN1C(=O)NC(CO)C1CO. The van der Waals surface area contributed by atoms with Crippen LogP contribution in [0.15, 0.2) is 0 Å². The van der Waals surface area contributed by atoms with Crippen molar-refractivity contribution >= 4 is 6.03 Å². The Morgan fingerprint density at radius 3 is 2.55 bits per heavy atom. The van der Waals surface area contributed by atoms with Crippen LogP contribution in [0.25, 0.3) is 0 Å². The molecule has 1 fully saturated rings. The highest BCUT2D eigenvalue weighted by atomic mass is 16.3. The van der Waals surface area contributed by atoms with E-state index in [-0.39, 0.29) is 31.3 Å². The minimum Gasteiger partial charge on any atom is -0.394 e. The average Bonchev–Trinajstić information content (AvgIpc) is 2.28. The molecular formula is C6H12N2O3. The Balaban J connectivity index is 2.64. The van der Waals surface area contributed by atoms with Crippen LogP contribution in [0, 0.1) is 0 Å². The zero-order valence-electron chi connectivity index (χ0n) is 6.32. The van der Waals surface area contributed by atoms with Crippen molar-refractivity contribution in [3.8, 4) is 0 Å². The van der Waals surface area contributed by atoms with E-state index in [9.17, 15) is 4.79 Å². The summed E-state index contributed by atoms with van der Waals surface area (Å²) in [6, 6.07) is -0.881. The van der Waals surface area contributed by atoms with Crippen LogP contribution in [0.4, 0.5) is 4.79 Å². The van der Waals surface area contributed by atoms with Gasteiger partial charge in [0.1, 0.15) is 0 Å². The third kappa shape index (κ3) is 1.29. The number of nitrogens with one attached hydrogen (secondary N) is 1. The Hall–Kier alpha value is -0.810. The second kappa shape index (κ2) is 3.06. The largest absolute Gasteiger partial charge is 0.394 e. The van der Waals surface area contributed by atoms with Gasteiger partial charge in [0.15, 0.2) is 0 Å². The average molecular weight is 160 g/mol. The third-order valence-electron chi connectivity index (χ3n) is 1.97. The van der Waals surface area contributed by atoms with E-state index in [4.69, 9.17) is 10.2 Å². The molecule has 0 aromatic rings. The maximum atomic E-state index is 10.9. The predicted octanol–water partition coefficient (Wildman–Crippen LogP) is -1.64. The van der Waals surface area contributed by atoms with E-state index in [1.54, 1.807) is 7.05 Å². The van der Waals surface area contributed by atoms with E-state index < -0.39 is 0 Å². The summed E-state index contributed by atoms with van der Waals surface area (Å²) in [5.74, 6) is 0. The van der Waals surface area contributed by atoms with Gasteiger partial charge in [0.25, 0.3) is 0 Å². The fourth-order valence-electron chi connectivity index (χ4n) is 1.19. The molecule has 5 heteroatoms. The number of amides is 2. The second-order valence-electron chi connectivity index (χ2n) is 2.60. The Kier molecular flexibility index (Phi) is 2.31. The molecule has 0 saturated carbocycles. The number of likely N-dealkylation sites (N-methyl/N-ethyl adjacent to an activating group) is 1. The zero-order chi connectivity index (χ0) is 8.43. The number of carbonyl (C=O) groups excluding carboxylic acids is 1. The second-order valence-corrected chi connectivity index (χ2v) is 2.60. The minimum atomic E-state index is -0.336.